The molecule has 3 aromatic rings. The van der Waals surface area contributed by atoms with Crippen LogP contribution in [0.4, 0.5) is 0 Å². The molecule has 0 atom stereocenters. The number of benzene rings is 3. The smallest absolute Gasteiger partial charge is 0.192 e. The highest BCUT2D eigenvalue weighted by molar-refractivity contribution is 7.89. The summed E-state index contributed by atoms with van der Waals surface area (Å²) in [6.07, 6.45) is 0.466. The Kier molecular flexibility index (Phi) is 6.68. The molecule has 0 amide bonds. The van der Waals surface area contributed by atoms with Crippen molar-refractivity contribution in [2.24, 2.45) is 0 Å². The second kappa shape index (κ2) is 9.06. The minimum Gasteiger partial charge on any atom is -0.289 e. The summed E-state index contributed by atoms with van der Waals surface area (Å²) in [4.78, 5) is 27.6. The van der Waals surface area contributed by atoms with Crippen molar-refractivity contribution in [3.05, 3.63) is 105 Å². The van der Waals surface area contributed by atoms with E-state index < -0.39 is 7.92 Å². The van der Waals surface area contributed by atoms with E-state index in [2.05, 4.69) is 0 Å². The van der Waals surface area contributed by atoms with Crippen molar-refractivity contribution in [2.45, 2.75) is 47.7 Å². The summed E-state index contributed by atoms with van der Waals surface area (Å²) >= 11 is 0. The van der Waals surface area contributed by atoms with E-state index in [9.17, 15) is 9.59 Å². The molecule has 0 N–H and O–H groups in total. The van der Waals surface area contributed by atoms with Gasteiger partial charge in [0.25, 0.3) is 0 Å². The van der Waals surface area contributed by atoms with Crippen molar-refractivity contribution >= 4 is 19.0 Å². The molecule has 0 aliphatic heterocycles. The van der Waals surface area contributed by atoms with Crippen molar-refractivity contribution in [1.82, 2.24) is 0 Å². The molecule has 0 saturated heterocycles. The van der Waals surface area contributed by atoms with Crippen LogP contribution in [0.1, 0.15) is 59.7 Å². The summed E-state index contributed by atoms with van der Waals surface area (Å²) in [6, 6.07) is 18.0. The van der Waals surface area contributed by atoms with Gasteiger partial charge in [0.1, 0.15) is 0 Å². The van der Waals surface area contributed by atoms with E-state index in [1.54, 1.807) is 0 Å². The van der Waals surface area contributed by atoms with Gasteiger partial charge in [0.2, 0.25) is 0 Å². The second-order valence-corrected chi connectivity index (χ2v) is 10.2. The molecule has 0 spiro atoms. The van der Waals surface area contributed by atoms with Crippen LogP contribution in [0.5, 0.6) is 0 Å². The number of carbonyl (C=O) groups is 2. The highest BCUT2D eigenvalue weighted by Crippen LogP contribution is 2.48. The summed E-state index contributed by atoms with van der Waals surface area (Å²) in [6.45, 7) is 11.9. The van der Waals surface area contributed by atoms with Crippen LogP contribution in [0.2, 0.25) is 0 Å². The number of carbonyl (C=O) groups excluding carboxylic acids is 2. The number of aryl methyl sites for hydroxylation is 6. The van der Waals surface area contributed by atoms with Gasteiger partial charge in [0.05, 0.1) is 0 Å². The van der Waals surface area contributed by atoms with Crippen LogP contribution < -0.4 is 0 Å². The van der Waals surface area contributed by atoms with Gasteiger partial charge in [-0.1, -0.05) is 65.7 Å². The zero-order valence-corrected chi connectivity index (χ0v) is 19.6. The maximum absolute atomic E-state index is 13.8. The van der Waals surface area contributed by atoms with E-state index in [1.807, 2.05) is 96.1 Å². The highest BCUT2D eigenvalue weighted by Gasteiger charge is 2.32. The van der Waals surface area contributed by atoms with E-state index >= 15 is 0 Å². The third-order valence-corrected chi connectivity index (χ3v) is 7.56. The van der Waals surface area contributed by atoms with Gasteiger partial charge in [-0.25, -0.2) is 0 Å². The van der Waals surface area contributed by atoms with Gasteiger partial charge in [0.15, 0.2) is 11.0 Å². The fourth-order valence-electron chi connectivity index (χ4n) is 4.31. The maximum atomic E-state index is 13.8. The summed E-state index contributed by atoms with van der Waals surface area (Å²) in [5.74, 6) is 0. The zero-order chi connectivity index (χ0) is 22.0. The van der Waals surface area contributed by atoms with Crippen molar-refractivity contribution in [3.63, 3.8) is 0 Å². The first-order valence-corrected chi connectivity index (χ1v) is 11.8. The third-order valence-electron chi connectivity index (χ3n) is 5.46. The number of hydrogen-bond donors (Lipinski definition) is 0. The topological polar surface area (TPSA) is 34.1 Å². The van der Waals surface area contributed by atoms with Crippen molar-refractivity contribution in [3.8, 4) is 0 Å². The quantitative estimate of drug-likeness (QED) is 0.398. The Morgan fingerprint density at radius 1 is 0.633 bits per heavy atom. The van der Waals surface area contributed by atoms with Crippen LogP contribution in [-0.4, -0.2) is 11.0 Å². The fourth-order valence-corrected chi connectivity index (χ4v) is 6.60. The van der Waals surface area contributed by atoms with Crippen LogP contribution in [0.25, 0.3) is 0 Å². The molecule has 0 heterocycles. The summed E-state index contributed by atoms with van der Waals surface area (Å²) in [5, 5.41) is 0. The van der Waals surface area contributed by atoms with Crippen molar-refractivity contribution < 1.29 is 9.59 Å². The highest BCUT2D eigenvalue weighted by atomic mass is 31.1. The standard InChI is InChI=1S/C27H29O2P/c1-17-12-19(3)24(20(4)13-17)26(28)30(16-23-10-8-7-9-11-23)27(29)25-21(5)14-18(2)15-22(25)6/h7-15H,16H2,1-6H3. The number of hydrogen-bond acceptors (Lipinski definition) is 2. The molecule has 0 unspecified atom stereocenters. The van der Waals surface area contributed by atoms with Gasteiger partial charge in [-0.15, -0.1) is 0 Å². The lowest BCUT2D eigenvalue weighted by Crippen LogP contribution is -2.13. The van der Waals surface area contributed by atoms with Crippen LogP contribution >= 0.6 is 7.92 Å². The molecule has 0 aromatic heterocycles. The summed E-state index contributed by atoms with van der Waals surface area (Å²) in [5.41, 5.74) is 8.45. The Hall–Kier alpha value is -2.57. The first-order valence-electron chi connectivity index (χ1n) is 10.2. The lowest BCUT2D eigenvalue weighted by molar-refractivity contribution is 0.105. The maximum Gasteiger partial charge on any atom is 0.192 e. The molecule has 0 aliphatic rings. The molecule has 3 aromatic carbocycles. The average Bonchev–Trinajstić information content (AvgIpc) is 2.65. The van der Waals surface area contributed by atoms with E-state index in [0.29, 0.717) is 17.3 Å². The van der Waals surface area contributed by atoms with Crippen molar-refractivity contribution in [2.75, 3.05) is 0 Å². The molecule has 3 heteroatoms. The summed E-state index contributed by atoms with van der Waals surface area (Å²) < 4.78 is 0. The van der Waals surface area contributed by atoms with Gasteiger partial charge in [-0.05, 0) is 69.4 Å². The molecule has 30 heavy (non-hydrogen) atoms. The first kappa shape index (κ1) is 22.1. The van der Waals surface area contributed by atoms with Crippen LogP contribution in [0, 0.1) is 41.5 Å². The molecular weight excluding hydrogens is 387 g/mol. The Labute approximate surface area is 181 Å². The lowest BCUT2D eigenvalue weighted by Gasteiger charge is -2.21. The van der Waals surface area contributed by atoms with Crippen LogP contribution in [0.3, 0.4) is 0 Å². The van der Waals surface area contributed by atoms with E-state index in [4.69, 9.17) is 0 Å². The number of rotatable bonds is 6. The molecule has 0 aliphatic carbocycles. The largest absolute Gasteiger partial charge is 0.289 e. The Morgan fingerprint density at radius 2 is 1.00 bits per heavy atom. The Balaban J connectivity index is 2.12. The molecule has 0 saturated carbocycles. The van der Waals surface area contributed by atoms with Gasteiger partial charge >= 0.3 is 0 Å². The monoisotopic (exact) mass is 416 g/mol. The normalized spacial score (nSPS) is 11.0. The zero-order valence-electron chi connectivity index (χ0n) is 18.7. The molecular formula is C27H29O2P. The predicted molar refractivity (Wildman–Crippen MR) is 127 cm³/mol. The third kappa shape index (κ3) is 4.60. The summed E-state index contributed by atoms with van der Waals surface area (Å²) in [7, 11) is -1.57. The van der Waals surface area contributed by atoms with Gasteiger partial charge in [0, 0.05) is 25.2 Å². The average molecular weight is 417 g/mol. The molecule has 0 fully saturated rings. The molecule has 3 rings (SSSR count). The van der Waals surface area contributed by atoms with Crippen molar-refractivity contribution in [1.29, 1.82) is 0 Å². The van der Waals surface area contributed by atoms with Gasteiger partial charge in [-0.3, -0.25) is 9.59 Å². The molecule has 2 nitrogen and oxygen atoms in total. The fraction of sp³-hybridized carbons (Fsp3) is 0.259. The van der Waals surface area contributed by atoms with E-state index in [1.165, 1.54) is 0 Å². The van der Waals surface area contributed by atoms with E-state index in [0.717, 1.165) is 38.9 Å². The SMILES string of the molecule is Cc1cc(C)c(C(=O)P(Cc2ccccc2)C(=O)c2c(C)cc(C)cc2C)c(C)c1. The molecule has 0 bridgehead atoms. The minimum absolute atomic E-state index is 0.0202. The molecule has 0 radical (unpaired) electrons. The predicted octanol–water partition coefficient (Wildman–Crippen LogP) is 7.20. The lowest BCUT2D eigenvalue weighted by atomic mass is 10.0. The van der Waals surface area contributed by atoms with Crippen LogP contribution in [0.15, 0.2) is 54.6 Å². The van der Waals surface area contributed by atoms with Crippen LogP contribution in [-0.2, 0) is 6.16 Å². The van der Waals surface area contributed by atoms with Gasteiger partial charge < -0.3 is 0 Å². The van der Waals surface area contributed by atoms with Gasteiger partial charge in [-0.2, -0.15) is 0 Å². The van der Waals surface area contributed by atoms with E-state index in [-0.39, 0.29) is 11.0 Å². The first-order chi connectivity index (χ1) is 14.2. The Bertz CT molecular complexity index is 997. The minimum atomic E-state index is -1.57. The second-order valence-electron chi connectivity index (χ2n) is 8.23. The Morgan fingerprint density at radius 3 is 1.37 bits per heavy atom. The molecule has 154 valence electrons.